The van der Waals surface area contributed by atoms with Crippen molar-refractivity contribution in [1.82, 2.24) is 9.88 Å². The highest BCUT2D eigenvalue weighted by atomic mass is 79.9. The summed E-state index contributed by atoms with van der Waals surface area (Å²) in [4.78, 5) is 11.8. The number of furan rings is 1. The van der Waals surface area contributed by atoms with Gasteiger partial charge in [-0.3, -0.25) is 4.79 Å². The Morgan fingerprint density at radius 1 is 1.39 bits per heavy atom. The van der Waals surface area contributed by atoms with Crippen LogP contribution >= 0.6 is 31.9 Å². The molecule has 2 rings (SSSR count). The molecule has 0 aliphatic carbocycles. The highest BCUT2D eigenvalue weighted by Crippen LogP contribution is 2.12. The van der Waals surface area contributed by atoms with Crippen LogP contribution in [0.1, 0.15) is 5.76 Å². The summed E-state index contributed by atoms with van der Waals surface area (Å²) in [7, 11) is 0. The molecule has 0 saturated heterocycles. The third-order valence-electron chi connectivity index (χ3n) is 2.42. The SMILES string of the molecule is O=c1c(Br)cc(Br)cn1CCNCc1ccco1. The van der Waals surface area contributed by atoms with Gasteiger partial charge in [-0.1, -0.05) is 0 Å². The van der Waals surface area contributed by atoms with Crippen molar-refractivity contribution < 1.29 is 4.42 Å². The smallest absolute Gasteiger partial charge is 0.264 e. The molecule has 0 aliphatic heterocycles. The zero-order chi connectivity index (χ0) is 13.0. The summed E-state index contributed by atoms with van der Waals surface area (Å²) in [5.41, 5.74) is -0.0296. The molecule has 0 unspecified atom stereocenters. The number of rotatable bonds is 5. The number of hydrogen-bond acceptors (Lipinski definition) is 3. The largest absolute Gasteiger partial charge is 0.468 e. The fourth-order valence-corrected chi connectivity index (χ4v) is 2.81. The second-order valence-corrected chi connectivity index (χ2v) is 5.53. The van der Waals surface area contributed by atoms with Crippen LogP contribution < -0.4 is 10.9 Å². The molecule has 0 aliphatic rings. The number of nitrogens with zero attached hydrogens (tertiary/aromatic N) is 1. The van der Waals surface area contributed by atoms with Gasteiger partial charge in [0.2, 0.25) is 0 Å². The van der Waals surface area contributed by atoms with Crippen LogP contribution in [0.15, 0.2) is 48.8 Å². The van der Waals surface area contributed by atoms with Crippen molar-refractivity contribution in [3.63, 3.8) is 0 Å². The number of hydrogen-bond donors (Lipinski definition) is 1. The lowest BCUT2D eigenvalue weighted by atomic mass is 10.4. The van der Waals surface area contributed by atoms with Crippen LogP contribution in [0.4, 0.5) is 0 Å². The van der Waals surface area contributed by atoms with Crippen molar-refractivity contribution in [1.29, 1.82) is 0 Å². The first-order valence-electron chi connectivity index (χ1n) is 5.45. The highest BCUT2D eigenvalue weighted by molar-refractivity contribution is 9.11. The first-order valence-corrected chi connectivity index (χ1v) is 7.04. The molecule has 96 valence electrons. The van der Waals surface area contributed by atoms with Gasteiger partial charge in [0.1, 0.15) is 5.76 Å². The molecule has 0 atom stereocenters. The van der Waals surface area contributed by atoms with Crippen LogP contribution in [0.25, 0.3) is 0 Å². The molecule has 0 radical (unpaired) electrons. The van der Waals surface area contributed by atoms with Gasteiger partial charge in [0.25, 0.3) is 5.56 Å². The maximum atomic E-state index is 11.8. The van der Waals surface area contributed by atoms with Crippen molar-refractivity contribution in [3.05, 3.63) is 55.7 Å². The van der Waals surface area contributed by atoms with E-state index < -0.39 is 0 Å². The molecule has 0 saturated carbocycles. The predicted octanol–water partition coefficient (Wildman–Crippen LogP) is 2.76. The minimum atomic E-state index is -0.0296. The highest BCUT2D eigenvalue weighted by Gasteiger charge is 2.03. The topological polar surface area (TPSA) is 47.2 Å². The Morgan fingerprint density at radius 3 is 2.94 bits per heavy atom. The minimum Gasteiger partial charge on any atom is -0.468 e. The average molecular weight is 376 g/mol. The molecule has 2 aromatic heterocycles. The first-order chi connectivity index (χ1) is 8.66. The van der Waals surface area contributed by atoms with Gasteiger partial charge >= 0.3 is 0 Å². The summed E-state index contributed by atoms with van der Waals surface area (Å²) in [6.45, 7) is 1.97. The van der Waals surface area contributed by atoms with Gasteiger partial charge in [0, 0.05) is 23.8 Å². The first kappa shape index (κ1) is 13.6. The lowest BCUT2D eigenvalue weighted by molar-refractivity contribution is 0.474. The lowest BCUT2D eigenvalue weighted by Gasteiger charge is -2.07. The van der Waals surface area contributed by atoms with Gasteiger partial charge in [-0.05, 0) is 50.1 Å². The Morgan fingerprint density at radius 2 is 2.22 bits per heavy atom. The van der Waals surface area contributed by atoms with E-state index in [1.165, 1.54) is 0 Å². The van der Waals surface area contributed by atoms with Gasteiger partial charge in [-0.2, -0.15) is 0 Å². The molecule has 1 N–H and O–H groups in total. The predicted molar refractivity (Wildman–Crippen MR) is 76.5 cm³/mol. The average Bonchev–Trinajstić information content (AvgIpc) is 2.83. The number of halogens is 2. The summed E-state index contributed by atoms with van der Waals surface area (Å²) in [5, 5.41) is 3.22. The maximum absolute atomic E-state index is 11.8. The van der Waals surface area contributed by atoms with E-state index in [1.807, 2.05) is 12.1 Å². The van der Waals surface area contributed by atoms with Gasteiger partial charge in [0.05, 0.1) is 17.3 Å². The van der Waals surface area contributed by atoms with E-state index in [-0.39, 0.29) is 5.56 Å². The van der Waals surface area contributed by atoms with Crippen LogP contribution in [0.5, 0.6) is 0 Å². The van der Waals surface area contributed by atoms with Crippen LogP contribution in [0.2, 0.25) is 0 Å². The van der Waals surface area contributed by atoms with Gasteiger partial charge in [0.15, 0.2) is 0 Å². The van der Waals surface area contributed by atoms with E-state index in [2.05, 4.69) is 37.2 Å². The lowest BCUT2D eigenvalue weighted by Crippen LogP contribution is -2.26. The molecule has 2 aromatic rings. The van der Waals surface area contributed by atoms with Gasteiger partial charge in [-0.15, -0.1) is 0 Å². The summed E-state index contributed by atoms with van der Waals surface area (Å²) < 4.78 is 8.29. The quantitative estimate of drug-likeness (QED) is 0.817. The second kappa shape index (κ2) is 6.36. The summed E-state index contributed by atoms with van der Waals surface area (Å²) >= 11 is 6.60. The van der Waals surface area contributed by atoms with Crippen molar-refractivity contribution in [2.24, 2.45) is 0 Å². The van der Waals surface area contributed by atoms with E-state index in [0.717, 1.165) is 10.2 Å². The van der Waals surface area contributed by atoms with E-state index in [1.54, 1.807) is 23.1 Å². The standard InChI is InChI=1S/C12H12Br2N2O2/c13-9-6-11(14)12(17)16(8-9)4-3-15-7-10-2-1-5-18-10/h1-2,5-6,8,15H,3-4,7H2. The van der Waals surface area contributed by atoms with E-state index in [0.29, 0.717) is 24.1 Å². The number of pyridine rings is 1. The normalized spacial score (nSPS) is 10.8. The van der Waals surface area contributed by atoms with Crippen LogP contribution in [0, 0.1) is 0 Å². The second-order valence-electron chi connectivity index (χ2n) is 3.76. The maximum Gasteiger partial charge on any atom is 0.264 e. The molecule has 6 heteroatoms. The molecular weight excluding hydrogens is 364 g/mol. The molecule has 2 heterocycles. The van der Waals surface area contributed by atoms with Gasteiger partial charge in [-0.25, -0.2) is 0 Å². The zero-order valence-electron chi connectivity index (χ0n) is 9.53. The van der Waals surface area contributed by atoms with Crippen molar-refractivity contribution in [2.75, 3.05) is 6.54 Å². The third kappa shape index (κ3) is 3.57. The zero-order valence-corrected chi connectivity index (χ0v) is 12.7. The van der Waals surface area contributed by atoms with Crippen molar-refractivity contribution in [2.45, 2.75) is 13.1 Å². The Labute approximate surface area is 121 Å². The molecule has 0 spiro atoms. The van der Waals surface area contributed by atoms with E-state index >= 15 is 0 Å². The Bertz CT molecular complexity index is 564. The Hall–Kier alpha value is -0.850. The number of aromatic nitrogens is 1. The molecule has 4 nitrogen and oxygen atoms in total. The molecule has 0 amide bonds. The summed E-state index contributed by atoms with van der Waals surface area (Å²) in [5.74, 6) is 0.887. The van der Waals surface area contributed by atoms with E-state index in [9.17, 15) is 4.79 Å². The molecule has 0 bridgehead atoms. The van der Waals surface area contributed by atoms with Crippen LogP contribution in [-0.2, 0) is 13.1 Å². The fraction of sp³-hybridized carbons (Fsp3) is 0.250. The third-order valence-corrected chi connectivity index (χ3v) is 3.42. The Kier molecular flexibility index (Phi) is 4.79. The van der Waals surface area contributed by atoms with Gasteiger partial charge < -0.3 is 14.3 Å². The molecule has 0 aromatic carbocycles. The Balaban J connectivity index is 1.89. The minimum absolute atomic E-state index is 0.0296. The van der Waals surface area contributed by atoms with Crippen LogP contribution in [0.3, 0.4) is 0 Å². The molecular formula is C12H12Br2N2O2. The number of nitrogens with one attached hydrogen (secondary N) is 1. The summed E-state index contributed by atoms with van der Waals surface area (Å²) in [6.07, 6.45) is 3.43. The fourth-order valence-electron chi connectivity index (χ4n) is 1.56. The van der Waals surface area contributed by atoms with Crippen molar-refractivity contribution in [3.8, 4) is 0 Å². The molecule has 0 fully saturated rings. The van der Waals surface area contributed by atoms with Crippen LogP contribution in [-0.4, -0.2) is 11.1 Å². The van der Waals surface area contributed by atoms with E-state index in [4.69, 9.17) is 4.42 Å². The monoisotopic (exact) mass is 374 g/mol. The van der Waals surface area contributed by atoms with Crippen molar-refractivity contribution >= 4 is 31.9 Å². The molecule has 18 heavy (non-hydrogen) atoms. The summed E-state index contributed by atoms with van der Waals surface area (Å²) in [6, 6.07) is 5.51.